The Morgan fingerprint density at radius 2 is 1.95 bits per heavy atom. The van der Waals surface area contributed by atoms with Gasteiger partial charge in [0.1, 0.15) is 6.04 Å². The van der Waals surface area contributed by atoms with Crippen LogP contribution in [0.2, 0.25) is 0 Å². The number of rotatable bonds is 7. The van der Waals surface area contributed by atoms with Crippen molar-refractivity contribution in [3.8, 4) is 0 Å². The maximum atomic E-state index is 11.8. The van der Waals surface area contributed by atoms with E-state index in [-0.39, 0.29) is 6.03 Å². The van der Waals surface area contributed by atoms with Crippen LogP contribution in [0.3, 0.4) is 0 Å². The van der Waals surface area contributed by atoms with Gasteiger partial charge in [-0.3, -0.25) is 0 Å². The molecule has 116 valence electrons. The second-order valence-electron chi connectivity index (χ2n) is 4.67. The summed E-state index contributed by atoms with van der Waals surface area (Å²) in [6.45, 7) is 2.43. The molecule has 1 aromatic rings. The zero-order valence-corrected chi connectivity index (χ0v) is 13.5. The first kappa shape index (κ1) is 17.4. The quantitative estimate of drug-likeness (QED) is 0.757. The van der Waals surface area contributed by atoms with E-state index < -0.39 is 12.0 Å². The van der Waals surface area contributed by atoms with E-state index in [0.29, 0.717) is 13.0 Å². The summed E-state index contributed by atoms with van der Waals surface area (Å²) in [5, 5.41) is 5.39. The van der Waals surface area contributed by atoms with Crippen LogP contribution in [0.5, 0.6) is 0 Å². The predicted molar refractivity (Wildman–Crippen MR) is 85.4 cm³/mol. The SMILES string of the molecule is COC(=O)[C@H](CCSC)NC(=O)NCc1ccc(C)cc1. The van der Waals surface area contributed by atoms with Crippen LogP contribution in [-0.2, 0) is 16.1 Å². The fourth-order valence-electron chi connectivity index (χ4n) is 1.72. The van der Waals surface area contributed by atoms with Crippen LogP contribution in [0.4, 0.5) is 4.79 Å². The van der Waals surface area contributed by atoms with Gasteiger partial charge in [0.25, 0.3) is 0 Å². The molecule has 5 nitrogen and oxygen atoms in total. The molecule has 2 N–H and O–H groups in total. The molecule has 0 spiro atoms. The van der Waals surface area contributed by atoms with E-state index in [1.165, 1.54) is 12.7 Å². The molecule has 0 aliphatic carbocycles. The molecular formula is C15H22N2O3S. The molecule has 0 radical (unpaired) electrons. The number of esters is 1. The van der Waals surface area contributed by atoms with Crippen LogP contribution in [0.15, 0.2) is 24.3 Å². The molecule has 1 rings (SSSR count). The normalized spacial score (nSPS) is 11.6. The molecule has 0 aliphatic rings. The number of thioether (sulfide) groups is 1. The van der Waals surface area contributed by atoms with Crippen LogP contribution in [0.25, 0.3) is 0 Å². The van der Waals surface area contributed by atoms with Gasteiger partial charge in [0.2, 0.25) is 0 Å². The Morgan fingerprint density at radius 3 is 2.52 bits per heavy atom. The van der Waals surface area contributed by atoms with Crippen molar-refractivity contribution in [1.82, 2.24) is 10.6 Å². The van der Waals surface area contributed by atoms with Crippen molar-refractivity contribution in [2.45, 2.75) is 25.9 Å². The summed E-state index contributed by atoms with van der Waals surface area (Å²) in [4.78, 5) is 23.4. The van der Waals surface area contributed by atoms with Gasteiger partial charge in [0, 0.05) is 6.54 Å². The first-order valence-electron chi connectivity index (χ1n) is 6.73. The monoisotopic (exact) mass is 310 g/mol. The molecule has 0 aliphatic heterocycles. The first-order chi connectivity index (χ1) is 10.1. The average Bonchev–Trinajstić information content (AvgIpc) is 2.50. The van der Waals surface area contributed by atoms with Gasteiger partial charge in [-0.2, -0.15) is 11.8 Å². The Labute approximate surface area is 129 Å². The molecule has 0 heterocycles. The smallest absolute Gasteiger partial charge is 0.328 e. The fraction of sp³-hybridized carbons (Fsp3) is 0.467. The number of hydrogen-bond acceptors (Lipinski definition) is 4. The number of nitrogens with one attached hydrogen (secondary N) is 2. The number of methoxy groups -OCH3 is 1. The highest BCUT2D eigenvalue weighted by atomic mass is 32.2. The minimum atomic E-state index is -0.611. The van der Waals surface area contributed by atoms with Gasteiger partial charge in [-0.15, -0.1) is 0 Å². The van der Waals surface area contributed by atoms with Crippen LogP contribution < -0.4 is 10.6 Å². The van der Waals surface area contributed by atoms with E-state index in [2.05, 4.69) is 10.6 Å². The van der Waals surface area contributed by atoms with Crippen molar-refractivity contribution in [2.75, 3.05) is 19.1 Å². The molecule has 1 aromatic carbocycles. The lowest BCUT2D eigenvalue weighted by Crippen LogP contribution is -2.46. The van der Waals surface area contributed by atoms with Crippen LogP contribution in [0, 0.1) is 6.92 Å². The minimum Gasteiger partial charge on any atom is -0.467 e. The number of ether oxygens (including phenoxy) is 1. The summed E-state index contributed by atoms with van der Waals surface area (Å²) in [5.41, 5.74) is 2.18. The summed E-state index contributed by atoms with van der Waals surface area (Å²) in [7, 11) is 1.32. The highest BCUT2D eigenvalue weighted by molar-refractivity contribution is 7.98. The zero-order chi connectivity index (χ0) is 15.7. The maximum absolute atomic E-state index is 11.8. The highest BCUT2D eigenvalue weighted by Gasteiger charge is 2.20. The third-order valence-electron chi connectivity index (χ3n) is 2.98. The second-order valence-corrected chi connectivity index (χ2v) is 5.66. The lowest BCUT2D eigenvalue weighted by Gasteiger charge is -2.16. The van der Waals surface area contributed by atoms with Gasteiger partial charge in [-0.25, -0.2) is 9.59 Å². The van der Waals surface area contributed by atoms with Gasteiger partial charge >= 0.3 is 12.0 Å². The number of amides is 2. The molecule has 0 saturated heterocycles. The van der Waals surface area contributed by atoms with E-state index in [1.54, 1.807) is 11.8 Å². The molecule has 6 heteroatoms. The van der Waals surface area contributed by atoms with Gasteiger partial charge in [0.05, 0.1) is 7.11 Å². The van der Waals surface area contributed by atoms with E-state index in [1.807, 2.05) is 37.4 Å². The lowest BCUT2D eigenvalue weighted by atomic mass is 10.1. The Kier molecular flexibility index (Phi) is 7.68. The molecule has 0 aromatic heterocycles. The van der Waals surface area contributed by atoms with Crippen LogP contribution in [0.1, 0.15) is 17.5 Å². The molecule has 2 amide bonds. The molecule has 1 atom stereocenters. The van der Waals surface area contributed by atoms with Crippen molar-refractivity contribution in [3.63, 3.8) is 0 Å². The molecule has 0 bridgehead atoms. The third kappa shape index (κ3) is 6.53. The van der Waals surface area contributed by atoms with E-state index in [9.17, 15) is 9.59 Å². The predicted octanol–water partition coefficient (Wildman–Crippen LogP) is 2.09. The number of carbonyl (C=O) groups excluding carboxylic acids is 2. The van der Waals surface area contributed by atoms with Crippen molar-refractivity contribution >= 4 is 23.8 Å². The van der Waals surface area contributed by atoms with E-state index >= 15 is 0 Å². The molecule has 21 heavy (non-hydrogen) atoms. The van der Waals surface area contributed by atoms with Crippen LogP contribution >= 0.6 is 11.8 Å². The number of urea groups is 1. The Hall–Kier alpha value is -1.69. The van der Waals surface area contributed by atoms with E-state index in [4.69, 9.17) is 4.74 Å². The summed E-state index contributed by atoms with van der Waals surface area (Å²) in [6.07, 6.45) is 2.50. The fourth-order valence-corrected chi connectivity index (χ4v) is 2.20. The molecular weight excluding hydrogens is 288 g/mol. The third-order valence-corrected chi connectivity index (χ3v) is 3.62. The average molecular weight is 310 g/mol. The van der Waals surface area contributed by atoms with Crippen molar-refractivity contribution in [1.29, 1.82) is 0 Å². The molecule has 0 fully saturated rings. The number of hydrogen-bond donors (Lipinski definition) is 2. The lowest BCUT2D eigenvalue weighted by molar-refractivity contribution is -0.142. The van der Waals surface area contributed by atoms with Crippen molar-refractivity contribution < 1.29 is 14.3 Å². The standard InChI is InChI=1S/C15H22N2O3S/c1-11-4-6-12(7-5-11)10-16-15(19)17-13(8-9-21-3)14(18)20-2/h4-7,13H,8-10H2,1-3H3,(H2,16,17,19)/t13-/m0/s1. The van der Waals surface area contributed by atoms with Gasteiger partial charge in [-0.1, -0.05) is 29.8 Å². The van der Waals surface area contributed by atoms with Crippen LogP contribution in [-0.4, -0.2) is 37.2 Å². The summed E-state index contributed by atoms with van der Waals surface area (Å²) < 4.78 is 4.70. The summed E-state index contributed by atoms with van der Waals surface area (Å²) >= 11 is 1.62. The highest BCUT2D eigenvalue weighted by Crippen LogP contribution is 2.04. The minimum absolute atomic E-state index is 0.368. The number of aryl methyl sites for hydroxylation is 1. The largest absolute Gasteiger partial charge is 0.467 e. The molecule has 0 unspecified atom stereocenters. The Balaban J connectivity index is 2.45. The van der Waals surface area contributed by atoms with E-state index in [0.717, 1.165) is 11.3 Å². The Bertz CT molecular complexity index is 462. The second kappa shape index (κ2) is 9.28. The summed E-state index contributed by atoms with van der Waals surface area (Å²) in [6, 6.07) is 6.92. The number of carbonyl (C=O) groups is 2. The first-order valence-corrected chi connectivity index (χ1v) is 8.13. The molecule has 0 saturated carbocycles. The van der Waals surface area contributed by atoms with Gasteiger partial charge < -0.3 is 15.4 Å². The zero-order valence-electron chi connectivity index (χ0n) is 12.6. The van der Waals surface area contributed by atoms with Gasteiger partial charge in [0.15, 0.2) is 0 Å². The maximum Gasteiger partial charge on any atom is 0.328 e. The van der Waals surface area contributed by atoms with Gasteiger partial charge in [-0.05, 0) is 30.9 Å². The Morgan fingerprint density at radius 1 is 1.29 bits per heavy atom. The number of benzene rings is 1. The van der Waals surface area contributed by atoms with Crippen molar-refractivity contribution in [2.24, 2.45) is 0 Å². The topological polar surface area (TPSA) is 67.4 Å². The van der Waals surface area contributed by atoms with Crippen molar-refractivity contribution in [3.05, 3.63) is 35.4 Å². The summed E-state index contributed by atoms with van der Waals surface area (Å²) in [5.74, 6) is 0.354.